The topological polar surface area (TPSA) is 60.0 Å². The maximum absolute atomic E-state index is 5.42. The van der Waals surface area contributed by atoms with E-state index in [1.807, 2.05) is 6.20 Å². The van der Waals surface area contributed by atoms with Crippen molar-refractivity contribution < 1.29 is 4.52 Å². The minimum atomic E-state index is 0.398. The van der Waals surface area contributed by atoms with Gasteiger partial charge >= 0.3 is 0 Å². The quantitative estimate of drug-likeness (QED) is 0.849. The van der Waals surface area contributed by atoms with Gasteiger partial charge in [-0.05, 0) is 39.2 Å². The summed E-state index contributed by atoms with van der Waals surface area (Å²) in [5.74, 6) is 3.85. The lowest BCUT2D eigenvalue weighted by molar-refractivity contribution is 0.188. The highest BCUT2D eigenvalue weighted by Crippen LogP contribution is 2.39. The van der Waals surface area contributed by atoms with Gasteiger partial charge in [-0.15, -0.1) is 0 Å². The molecule has 0 bridgehead atoms. The lowest BCUT2D eigenvalue weighted by atomic mass is 9.97. The van der Waals surface area contributed by atoms with E-state index in [2.05, 4.69) is 37.7 Å². The molecule has 1 unspecified atom stereocenters. The van der Waals surface area contributed by atoms with Gasteiger partial charge in [-0.1, -0.05) is 5.16 Å². The lowest BCUT2D eigenvalue weighted by Crippen LogP contribution is -2.35. The minimum Gasteiger partial charge on any atom is -0.339 e. The number of imidazole rings is 1. The van der Waals surface area contributed by atoms with E-state index in [9.17, 15) is 0 Å². The van der Waals surface area contributed by atoms with Gasteiger partial charge in [-0.25, -0.2) is 4.98 Å². The molecule has 2 fully saturated rings. The first-order chi connectivity index (χ1) is 10.8. The predicted molar refractivity (Wildman–Crippen MR) is 81.4 cm³/mol. The van der Waals surface area contributed by atoms with Crippen molar-refractivity contribution in [3.05, 3.63) is 29.9 Å². The Bertz CT molecular complexity index is 630. The van der Waals surface area contributed by atoms with Crippen LogP contribution in [0.5, 0.6) is 0 Å². The molecule has 2 aromatic rings. The molecule has 0 amide bonds. The Hall–Kier alpha value is -1.69. The number of piperidine rings is 1. The first-order valence-corrected chi connectivity index (χ1v) is 8.39. The highest BCUT2D eigenvalue weighted by atomic mass is 16.5. The summed E-state index contributed by atoms with van der Waals surface area (Å²) < 4.78 is 7.63. The van der Waals surface area contributed by atoms with Crippen LogP contribution in [-0.4, -0.2) is 37.7 Å². The molecule has 4 rings (SSSR count). The van der Waals surface area contributed by atoms with Gasteiger partial charge in [0.2, 0.25) is 5.89 Å². The molecule has 0 aromatic carbocycles. The summed E-state index contributed by atoms with van der Waals surface area (Å²) in [6.07, 6.45) is 8.70. The fraction of sp³-hybridized carbons (Fsp3) is 0.688. The first kappa shape index (κ1) is 13.9. The Morgan fingerprint density at radius 1 is 1.27 bits per heavy atom. The molecule has 1 saturated carbocycles. The van der Waals surface area contributed by atoms with Crippen LogP contribution in [0.15, 0.2) is 16.9 Å². The van der Waals surface area contributed by atoms with E-state index in [1.54, 1.807) is 0 Å². The summed E-state index contributed by atoms with van der Waals surface area (Å²) in [4.78, 5) is 11.6. The summed E-state index contributed by atoms with van der Waals surface area (Å²) in [5, 5.41) is 4.23. The summed E-state index contributed by atoms with van der Waals surface area (Å²) in [6, 6.07) is 0. The third-order valence-corrected chi connectivity index (χ3v) is 4.76. The number of aromatic nitrogens is 4. The number of aryl methyl sites for hydroxylation is 1. The predicted octanol–water partition coefficient (Wildman–Crippen LogP) is 2.54. The van der Waals surface area contributed by atoms with E-state index in [4.69, 9.17) is 4.52 Å². The summed E-state index contributed by atoms with van der Waals surface area (Å²) in [7, 11) is 0. The van der Waals surface area contributed by atoms with E-state index < -0.39 is 0 Å². The second-order valence-corrected chi connectivity index (χ2v) is 6.47. The Kier molecular flexibility index (Phi) is 3.70. The molecule has 118 valence electrons. The van der Waals surface area contributed by atoms with Crippen LogP contribution < -0.4 is 0 Å². The maximum Gasteiger partial charge on any atom is 0.229 e. The third kappa shape index (κ3) is 2.79. The number of hydrogen-bond acceptors (Lipinski definition) is 5. The summed E-state index contributed by atoms with van der Waals surface area (Å²) >= 11 is 0. The Labute approximate surface area is 130 Å². The largest absolute Gasteiger partial charge is 0.339 e. The maximum atomic E-state index is 5.42. The highest BCUT2D eigenvalue weighted by Gasteiger charge is 2.32. The van der Waals surface area contributed by atoms with E-state index in [0.29, 0.717) is 11.8 Å². The standard InChI is InChI=1S/C16H23N5O/c1-2-21-9-7-17-14(21)11-20-8-3-4-13(10-20)15-18-16(22-19-15)12-5-6-12/h7,9,12-13H,2-6,8,10-11H2,1H3. The smallest absolute Gasteiger partial charge is 0.229 e. The molecule has 6 heteroatoms. The molecule has 22 heavy (non-hydrogen) atoms. The van der Waals surface area contributed by atoms with Crippen LogP contribution in [0.3, 0.4) is 0 Å². The molecule has 2 aromatic heterocycles. The van der Waals surface area contributed by atoms with Gasteiger partial charge in [0.15, 0.2) is 5.82 Å². The summed E-state index contributed by atoms with van der Waals surface area (Å²) in [5.41, 5.74) is 0. The van der Waals surface area contributed by atoms with Crippen LogP contribution in [0, 0.1) is 0 Å². The number of likely N-dealkylation sites (tertiary alicyclic amines) is 1. The van der Waals surface area contributed by atoms with Gasteiger partial charge < -0.3 is 9.09 Å². The Balaban J connectivity index is 1.42. The zero-order chi connectivity index (χ0) is 14.9. The van der Waals surface area contributed by atoms with Gasteiger partial charge in [0.1, 0.15) is 5.82 Å². The summed E-state index contributed by atoms with van der Waals surface area (Å²) in [6.45, 7) is 6.16. The molecule has 0 spiro atoms. The average molecular weight is 301 g/mol. The molecule has 1 atom stereocenters. The van der Waals surface area contributed by atoms with E-state index in [1.165, 1.54) is 19.3 Å². The second kappa shape index (κ2) is 5.83. The van der Waals surface area contributed by atoms with E-state index in [0.717, 1.165) is 50.1 Å². The monoisotopic (exact) mass is 301 g/mol. The van der Waals surface area contributed by atoms with Crippen LogP contribution >= 0.6 is 0 Å². The fourth-order valence-electron chi connectivity index (χ4n) is 3.30. The van der Waals surface area contributed by atoms with Crippen molar-refractivity contribution in [3.63, 3.8) is 0 Å². The van der Waals surface area contributed by atoms with Gasteiger partial charge in [0.25, 0.3) is 0 Å². The van der Waals surface area contributed by atoms with Gasteiger partial charge in [0, 0.05) is 37.3 Å². The van der Waals surface area contributed by atoms with Crippen molar-refractivity contribution in [1.29, 1.82) is 0 Å². The highest BCUT2D eigenvalue weighted by molar-refractivity contribution is 5.06. The van der Waals surface area contributed by atoms with Crippen LogP contribution in [0.1, 0.15) is 62.0 Å². The van der Waals surface area contributed by atoms with Crippen LogP contribution in [0.25, 0.3) is 0 Å². The molecule has 3 heterocycles. The van der Waals surface area contributed by atoms with Crippen molar-refractivity contribution in [2.45, 2.75) is 57.5 Å². The minimum absolute atomic E-state index is 0.398. The Morgan fingerprint density at radius 3 is 3.00 bits per heavy atom. The SMILES string of the molecule is CCn1ccnc1CN1CCCC(c2noc(C3CC3)n2)C1. The molecule has 0 N–H and O–H groups in total. The zero-order valence-corrected chi connectivity index (χ0v) is 13.1. The van der Waals surface area contributed by atoms with Crippen molar-refractivity contribution >= 4 is 0 Å². The molecular weight excluding hydrogens is 278 g/mol. The molecular formula is C16H23N5O. The number of rotatable bonds is 5. The van der Waals surface area contributed by atoms with Crippen molar-refractivity contribution in [2.75, 3.05) is 13.1 Å². The van der Waals surface area contributed by atoms with Crippen molar-refractivity contribution in [3.8, 4) is 0 Å². The zero-order valence-electron chi connectivity index (χ0n) is 13.1. The molecule has 1 aliphatic heterocycles. The Morgan fingerprint density at radius 2 is 2.18 bits per heavy atom. The van der Waals surface area contributed by atoms with Crippen LogP contribution in [0.4, 0.5) is 0 Å². The lowest BCUT2D eigenvalue weighted by Gasteiger charge is -2.30. The van der Waals surface area contributed by atoms with Crippen LogP contribution in [0.2, 0.25) is 0 Å². The first-order valence-electron chi connectivity index (χ1n) is 8.39. The van der Waals surface area contributed by atoms with E-state index >= 15 is 0 Å². The number of hydrogen-bond donors (Lipinski definition) is 0. The molecule has 0 radical (unpaired) electrons. The van der Waals surface area contributed by atoms with Crippen molar-refractivity contribution in [1.82, 2.24) is 24.6 Å². The molecule has 2 aliphatic rings. The molecule has 1 saturated heterocycles. The second-order valence-electron chi connectivity index (χ2n) is 6.47. The molecule has 6 nitrogen and oxygen atoms in total. The van der Waals surface area contributed by atoms with E-state index in [-0.39, 0.29) is 0 Å². The average Bonchev–Trinajstić information content (AvgIpc) is 3.11. The normalized spacial score (nSPS) is 23.0. The third-order valence-electron chi connectivity index (χ3n) is 4.76. The van der Waals surface area contributed by atoms with Crippen LogP contribution in [-0.2, 0) is 13.1 Å². The van der Waals surface area contributed by atoms with Crippen molar-refractivity contribution in [2.24, 2.45) is 0 Å². The number of nitrogens with zero attached hydrogens (tertiary/aromatic N) is 5. The van der Waals surface area contributed by atoms with Gasteiger partial charge in [-0.3, -0.25) is 4.90 Å². The van der Waals surface area contributed by atoms with Gasteiger partial charge in [0.05, 0.1) is 6.54 Å². The van der Waals surface area contributed by atoms with Gasteiger partial charge in [-0.2, -0.15) is 4.98 Å². The molecule has 1 aliphatic carbocycles. The fourth-order valence-corrected chi connectivity index (χ4v) is 3.30.